The van der Waals surface area contributed by atoms with Crippen LogP contribution in [0.4, 0.5) is 0 Å². The molecule has 23 heavy (non-hydrogen) atoms. The second kappa shape index (κ2) is 8.18. The summed E-state index contributed by atoms with van der Waals surface area (Å²) in [5, 5.41) is 0.963. The van der Waals surface area contributed by atoms with E-state index >= 15 is 0 Å². The van der Waals surface area contributed by atoms with Gasteiger partial charge in [0.25, 0.3) is 5.91 Å². The van der Waals surface area contributed by atoms with Crippen molar-refractivity contribution in [1.82, 2.24) is 4.90 Å². The summed E-state index contributed by atoms with van der Waals surface area (Å²) < 4.78 is 6.72. The second-order valence-electron chi connectivity index (χ2n) is 6.12. The topological polar surface area (TPSA) is 59.5 Å². The van der Waals surface area contributed by atoms with Gasteiger partial charge in [-0.2, -0.15) is 0 Å². The van der Waals surface area contributed by atoms with Gasteiger partial charge in [0.15, 0.2) is 5.76 Å². The first-order chi connectivity index (χ1) is 10.3. The van der Waals surface area contributed by atoms with Gasteiger partial charge in [-0.3, -0.25) is 4.79 Å². The number of benzene rings is 1. The Bertz CT molecular complexity index is 685. The fraction of sp³-hybridized carbons (Fsp3) is 0.471. The van der Waals surface area contributed by atoms with Gasteiger partial charge < -0.3 is 15.1 Å². The molecule has 0 aliphatic rings. The first-order valence-electron chi connectivity index (χ1n) is 7.51. The van der Waals surface area contributed by atoms with Crippen molar-refractivity contribution in [3.8, 4) is 0 Å². The average Bonchev–Trinajstić information content (AvgIpc) is 2.80. The van der Waals surface area contributed by atoms with Crippen LogP contribution in [-0.2, 0) is 0 Å². The molecule has 0 aliphatic carbocycles. The van der Waals surface area contributed by atoms with Crippen LogP contribution in [0.1, 0.15) is 36.4 Å². The molecule has 0 saturated heterocycles. The van der Waals surface area contributed by atoms with E-state index in [1.165, 1.54) is 0 Å². The minimum absolute atomic E-state index is 0. The first kappa shape index (κ1) is 20.0. The molecule has 2 N–H and O–H groups in total. The van der Waals surface area contributed by atoms with Gasteiger partial charge in [-0.05, 0) is 37.5 Å². The van der Waals surface area contributed by atoms with E-state index in [0.29, 0.717) is 18.2 Å². The molecule has 2 aromatic rings. The van der Waals surface area contributed by atoms with E-state index in [1.807, 2.05) is 25.1 Å². The molecular weight excluding hydrogens is 380 g/mol. The third-order valence-electron chi connectivity index (χ3n) is 4.09. The summed E-state index contributed by atoms with van der Waals surface area (Å²) in [5.41, 5.74) is 7.65. The Hall–Kier alpha value is -1.04. The van der Waals surface area contributed by atoms with Crippen LogP contribution in [0.5, 0.6) is 0 Å². The number of carbonyl (C=O) groups excluding carboxylic acids is 1. The molecule has 1 aromatic carbocycles. The van der Waals surface area contributed by atoms with Crippen molar-refractivity contribution < 1.29 is 9.21 Å². The van der Waals surface area contributed by atoms with Crippen molar-refractivity contribution in [3.05, 3.63) is 34.0 Å². The molecular formula is C17H24BrClN2O2. The molecule has 0 bridgehead atoms. The number of nitrogens with two attached hydrogens (primary N) is 1. The quantitative estimate of drug-likeness (QED) is 0.806. The molecule has 0 spiro atoms. The molecule has 6 heteroatoms. The zero-order valence-electron chi connectivity index (χ0n) is 13.9. The first-order valence-corrected chi connectivity index (χ1v) is 8.30. The minimum Gasteiger partial charge on any atom is -0.451 e. The van der Waals surface area contributed by atoms with Crippen LogP contribution in [0.3, 0.4) is 0 Å². The molecule has 1 heterocycles. The van der Waals surface area contributed by atoms with Crippen LogP contribution in [0.25, 0.3) is 11.0 Å². The highest BCUT2D eigenvalue weighted by molar-refractivity contribution is 9.10. The van der Waals surface area contributed by atoms with E-state index in [0.717, 1.165) is 27.4 Å². The Morgan fingerprint density at radius 1 is 1.39 bits per heavy atom. The van der Waals surface area contributed by atoms with Gasteiger partial charge in [0.05, 0.1) is 0 Å². The van der Waals surface area contributed by atoms with Gasteiger partial charge in [0, 0.05) is 35.1 Å². The number of aryl methyl sites for hydroxylation is 1. The maximum absolute atomic E-state index is 12.6. The standard InChI is InChI=1S/C17H23BrN2O2.ClH/c1-10(2)14(19)7-8-20(4)17(21)16-11(3)13-9-12(18)5-6-15(13)22-16;/h5-6,9-10,14H,7-8,19H2,1-4H3;1H. The summed E-state index contributed by atoms with van der Waals surface area (Å²) in [6.07, 6.45) is 0.782. The molecule has 1 amide bonds. The predicted molar refractivity (Wildman–Crippen MR) is 100 cm³/mol. The highest BCUT2D eigenvalue weighted by Crippen LogP contribution is 2.28. The smallest absolute Gasteiger partial charge is 0.289 e. The second-order valence-corrected chi connectivity index (χ2v) is 7.04. The number of fused-ring (bicyclic) bond motifs is 1. The van der Waals surface area contributed by atoms with Gasteiger partial charge in [-0.1, -0.05) is 29.8 Å². The monoisotopic (exact) mass is 402 g/mol. The lowest BCUT2D eigenvalue weighted by atomic mass is 10.0. The fourth-order valence-electron chi connectivity index (χ4n) is 2.35. The molecule has 128 valence electrons. The summed E-state index contributed by atoms with van der Waals surface area (Å²) in [5.74, 6) is 0.725. The fourth-order valence-corrected chi connectivity index (χ4v) is 2.71. The van der Waals surface area contributed by atoms with Gasteiger partial charge in [0.2, 0.25) is 0 Å². The van der Waals surface area contributed by atoms with E-state index < -0.39 is 0 Å². The molecule has 1 aromatic heterocycles. The van der Waals surface area contributed by atoms with E-state index in [4.69, 9.17) is 10.2 Å². The third kappa shape index (κ3) is 4.49. The van der Waals surface area contributed by atoms with Crippen molar-refractivity contribution in [3.63, 3.8) is 0 Å². The van der Waals surface area contributed by atoms with Crippen molar-refractivity contribution in [2.75, 3.05) is 13.6 Å². The normalized spacial score (nSPS) is 12.3. The van der Waals surface area contributed by atoms with Crippen molar-refractivity contribution in [2.24, 2.45) is 11.7 Å². The molecule has 1 unspecified atom stereocenters. The van der Waals surface area contributed by atoms with Crippen LogP contribution in [0.2, 0.25) is 0 Å². The number of nitrogens with zero attached hydrogens (tertiary/aromatic N) is 1. The zero-order chi connectivity index (χ0) is 16.4. The zero-order valence-corrected chi connectivity index (χ0v) is 16.3. The van der Waals surface area contributed by atoms with E-state index in [-0.39, 0.29) is 24.4 Å². The molecule has 0 saturated carbocycles. The number of furan rings is 1. The SMILES string of the molecule is Cc1c(C(=O)N(C)CCC(N)C(C)C)oc2ccc(Br)cc12.Cl. The van der Waals surface area contributed by atoms with Crippen molar-refractivity contribution in [2.45, 2.75) is 33.2 Å². The van der Waals surface area contributed by atoms with Gasteiger partial charge >= 0.3 is 0 Å². The maximum atomic E-state index is 12.6. The number of halogens is 2. The number of amides is 1. The Morgan fingerprint density at radius 2 is 2.04 bits per heavy atom. The van der Waals surface area contributed by atoms with Crippen LogP contribution in [0.15, 0.2) is 27.1 Å². The van der Waals surface area contributed by atoms with E-state index in [1.54, 1.807) is 11.9 Å². The summed E-state index contributed by atoms with van der Waals surface area (Å²) >= 11 is 3.45. The highest BCUT2D eigenvalue weighted by Gasteiger charge is 2.21. The van der Waals surface area contributed by atoms with Crippen molar-refractivity contribution in [1.29, 1.82) is 0 Å². The van der Waals surface area contributed by atoms with Gasteiger partial charge in [-0.25, -0.2) is 0 Å². The highest BCUT2D eigenvalue weighted by atomic mass is 79.9. The average molecular weight is 404 g/mol. The Kier molecular flexibility index (Phi) is 7.11. The summed E-state index contributed by atoms with van der Waals surface area (Å²) in [6.45, 7) is 6.72. The molecule has 1 atom stereocenters. The van der Waals surface area contributed by atoms with Gasteiger partial charge in [-0.15, -0.1) is 12.4 Å². The summed E-state index contributed by atoms with van der Waals surface area (Å²) in [7, 11) is 1.79. The molecule has 0 aliphatic heterocycles. The minimum atomic E-state index is -0.0965. The van der Waals surface area contributed by atoms with E-state index in [2.05, 4.69) is 29.8 Å². The maximum Gasteiger partial charge on any atom is 0.289 e. The number of carbonyl (C=O) groups is 1. The lowest BCUT2D eigenvalue weighted by Gasteiger charge is -2.21. The van der Waals surface area contributed by atoms with E-state index in [9.17, 15) is 4.79 Å². The number of hydrogen-bond acceptors (Lipinski definition) is 3. The number of hydrogen-bond donors (Lipinski definition) is 1. The lowest BCUT2D eigenvalue weighted by Crippen LogP contribution is -2.34. The summed E-state index contributed by atoms with van der Waals surface area (Å²) in [4.78, 5) is 14.3. The Morgan fingerprint density at radius 3 is 2.65 bits per heavy atom. The van der Waals surface area contributed by atoms with Crippen LogP contribution >= 0.6 is 28.3 Å². The van der Waals surface area contributed by atoms with Gasteiger partial charge in [0.1, 0.15) is 5.58 Å². The lowest BCUT2D eigenvalue weighted by molar-refractivity contribution is 0.0759. The third-order valence-corrected chi connectivity index (χ3v) is 4.59. The Balaban J connectivity index is 0.00000264. The largest absolute Gasteiger partial charge is 0.451 e. The van der Waals surface area contributed by atoms with Crippen LogP contribution < -0.4 is 5.73 Å². The molecule has 2 rings (SSSR count). The number of rotatable bonds is 5. The van der Waals surface area contributed by atoms with Crippen molar-refractivity contribution >= 4 is 45.2 Å². The van der Waals surface area contributed by atoms with Crippen LogP contribution in [0, 0.1) is 12.8 Å². The molecule has 0 fully saturated rings. The predicted octanol–water partition coefficient (Wildman–Crippen LogP) is 4.37. The molecule has 4 nitrogen and oxygen atoms in total. The molecule has 0 radical (unpaired) electrons. The summed E-state index contributed by atoms with van der Waals surface area (Å²) in [6, 6.07) is 5.85. The van der Waals surface area contributed by atoms with Crippen LogP contribution in [-0.4, -0.2) is 30.4 Å². The Labute approximate surface area is 151 Å².